The number of hydrogen-bond donors (Lipinski definition) is 0. The summed E-state index contributed by atoms with van der Waals surface area (Å²) in [7, 11) is 0. The van der Waals surface area contributed by atoms with Crippen LogP contribution in [0.1, 0.15) is 54.0 Å². The number of benzene rings is 2. The maximum absolute atomic E-state index is 13.7. The molecule has 0 radical (unpaired) electrons. The molecule has 2 aliphatic carbocycles. The Kier molecular flexibility index (Phi) is 5.17. The minimum Gasteiger partial charge on any atom is -0.426 e. The largest absolute Gasteiger partial charge is 0.426 e. The first-order chi connectivity index (χ1) is 13.6. The maximum atomic E-state index is 13.7. The number of ether oxygens (including phenoxy) is 1. The fraction of sp³-hybridized carbons (Fsp3) is 0.417. The second kappa shape index (κ2) is 7.75. The zero-order valence-corrected chi connectivity index (χ0v) is 16.1. The van der Waals surface area contributed by atoms with Crippen molar-refractivity contribution in [3.63, 3.8) is 0 Å². The van der Waals surface area contributed by atoms with Gasteiger partial charge in [-0.1, -0.05) is 25.5 Å². The molecule has 28 heavy (non-hydrogen) atoms. The second-order valence-corrected chi connectivity index (χ2v) is 7.97. The summed E-state index contributed by atoms with van der Waals surface area (Å²) in [5.41, 5.74) is 5.66. The standard InChI is InChI=1S/C24H24FNO2/c1-2-15-3-9-21-16(11-15)4-5-17-12-18(7-10-22(17)21)24(27)28-20-8-6-19(14-26)23(25)13-20/h4-6,8,13,15,18H,2-3,7,9-12H2,1H3. The minimum absolute atomic E-state index is 0.0542. The molecule has 0 saturated carbocycles. The Hall–Kier alpha value is -2.67. The smallest absolute Gasteiger partial charge is 0.314 e. The molecule has 0 heterocycles. The van der Waals surface area contributed by atoms with Gasteiger partial charge in [0.15, 0.2) is 0 Å². The molecule has 2 unspecified atom stereocenters. The first kappa shape index (κ1) is 18.7. The van der Waals surface area contributed by atoms with Gasteiger partial charge in [0.1, 0.15) is 17.6 Å². The van der Waals surface area contributed by atoms with E-state index in [1.54, 1.807) is 6.07 Å². The van der Waals surface area contributed by atoms with Crippen molar-refractivity contribution >= 4 is 5.97 Å². The lowest BCUT2D eigenvalue weighted by Gasteiger charge is -2.31. The molecule has 4 rings (SSSR count). The molecule has 0 amide bonds. The zero-order valence-electron chi connectivity index (χ0n) is 16.1. The van der Waals surface area contributed by atoms with Crippen LogP contribution in [0.2, 0.25) is 0 Å². The van der Waals surface area contributed by atoms with Crippen LogP contribution in [0.25, 0.3) is 0 Å². The molecule has 0 N–H and O–H groups in total. The van der Waals surface area contributed by atoms with Crippen molar-refractivity contribution in [2.75, 3.05) is 0 Å². The number of carbonyl (C=O) groups excluding carboxylic acids is 1. The van der Waals surface area contributed by atoms with Gasteiger partial charge in [-0.3, -0.25) is 4.79 Å². The lowest BCUT2D eigenvalue weighted by molar-refractivity contribution is -0.139. The number of esters is 1. The van der Waals surface area contributed by atoms with Crippen molar-refractivity contribution in [1.82, 2.24) is 0 Å². The fourth-order valence-corrected chi connectivity index (χ4v) is 4.64. The van der Waals surface area contributed by atoms with Crippen LogP contribution < -0.4 is 4.74 Å². The summed E-state index contributed by atoms with van der Waals surface area (Å²) in [6.45, 7) is 2.27. The Morgan fingerprint density at radius 1 is 1.14 bits per heavy atom. The van der Waals surface area contributed by atoms with E-state index in [4.69, 9.17) is 10.00 Å². The highest BCUT2D eigenvalue weighted by atomic mass is 19.1. The van der Waals surface area contributed by atoms with Crippen molar-refractivity contribution in [3.05, 3.63) is 64.0 Å². The summed E-state index contributed by atoms with van der Waals surface area (Å²) in [6, 6.07) is 10.1. The van der Waals surface area contributed by atoms with Gasteiger partial charge in [0, 0.05) is 6.07 Å². The summed E-state index contributed by atoms with van der Waals surface area (Å²) in [5, 5.41) is 8.80. The van der Waals surface area contributed by atoms with Gasteiger partial charge in [-0.25, -0.2) is 4.39 Å². The van der Waals surface area contributed by atoms with Crippen LogP contribution in [0.4, 0.5) is 4.39 Å². The SMILES string of the molecule is CCC1CCc2c(ccc3c2CCC(C(=O)Oc2ccc(C#N)c(F)c2)C3)C1. The number of nitriles is 1. The summed E-state index contributed by atoms with van der Waals surface area (Å²) in [6.07, 6.45) is 7.16. The van der Waals surface area contributed by atoms with E-state index in [-0.39, 0.29) is 23.2 Å². The molecule has 0 spiro atoms. The summed E-state index contributed by atoms with van der Waals surface area (Å²) < 4.78 is 19.1. The van der Waals surface area contributed by atoms with Crippen LogP contribution in [0.15, 0.2) is 30.3 Å². The molecule has 2 aromatic carbocycles. The molecular weight excluding hydrogens is 353 g/mol. The van der Waals surface area contributed by atoms with Gasteiger partial charge in [0.2, 0.25) is 0 Å². The number of halogens is 1. The minimum atomic E-state index is -0.668. The summed E-state index contributed by atoms with van der Waals surface area (Å²) in [5.74, 6) is -0.249. The molecule has 0 aromatic heterocycles. The number of rotatable bonds is 3. The molecule has 144 valence electrons. The highest BCUT2D eigenvalue weighted by Crippen LogP contribution is 2.36. The molecule has 0 bridgehead atoms. The average molecular weight is 377 g/mol. The van der Waals surface area contributed by atoms with E-state index in [9.17, 15) is 9.18 Å². The molecule has 2 aliphatic rings. The normalized spacial score (nSPS) is 20.6. The first-order valence-corrected chi connectivity index (χ1v) is 10.1. The van der Waals surface area contributed by atoms with Crippen molar-refractivity contribution in [2.45, 2.75) is 51.9 Å². The van der Waals surface area contributed by atoms with E-state index in [1.165, 1.54) is 53.6 Å². The van der Waals surface area contributed by atoms with Crippen LogP contribution in [0, 0.1) is 29.0 Å². The van der Waals surface area contributed by atoms with Gasteiger partial charge in [0.05, 0.1) is 11.5 Å². The second-order valence-electron chi connectivity index (χ2n) is 7.97. The van der Waals surface area contributed by atoms with E-state index < -0.39 is 5.82 Å². The van der Waals surface area contributed by atoms with Gasteiger partial charge in [-0.2, -0.15) is 5.26 Å². The van der Waals surface area contributed by atoms with Gasteiger partial charge < -0.3 is 4.74 Å². The third-order valence-electron chi connectivity index (χ3n) is 6.34. The Morgan fingerprint density at radius 2 is 1.86 bits per heavy atom. The van der Waals surface area contributed by atoms with Gasteiger partial charge in [0.25, 0.3) is 0 Å². The van der Waals surface area contributed by atoms with Gasteiger partial charge in [-0.15, -0.1) is 0 Å². The highest BCUT2D eigenvalue weighted by Gasteiger charge is 2.30. The van der Waals surface area contributed by atoms with E-state index in [2.05, 4.69) is 19.1 Å². The molecule has 3 nitrogen and oxygen atoms in total. The summed E-state index contributed by atoms with van der Waals surface area (Å²) >= 11 is 0. The van der Waals surface area contributed by atoms with E-state index >= 15 is 0 Å². The van der Waals surface area contributed by atoms with E-state index in [1.807, 2.05) is 0 Å². The third kappa shape index (κ3) is 3.54. The van der Waals surface area contributed by atoms with Gasteiger partial charge in [-0.05, 0) is 78.8 Å². The monoisotopic (exact) mass is 377 g/mol. The zero-order chi connectivity index (χ0) is 19.7. The van der Waals surface area contributed by atoms with E-state index in [0.717, 1.165) is 31.2 Å². The predicted molar refractivity (Wildman–Crippen MR) is 105 cm³/mol. The summed E-state index contributed by atoms with van der Waals surface area (Å²) in [4.78, 5) is 12.6. The number of carbonyl (C=O) groups is 1. The molecule has 2 atom stereocenters. The van der Waals surface area contributed by atoms with Gasteiger partial charge >= 0.3 is 5.97 Å². The fourth-order valence-electron chi connectivity index (χ4n) is 4.64. The van der Waals surface area contributed by atoms with Crippen LogP contribution in [-0.4, -0.2) is 5.97 Å². The van der Waals surface area contributed by atoms with Crippen molar-refractivity contribution in [1.29, 1.82) is 5.26 Å². The van der Waals surface area contributed by atoms with Crippen molar-refractivity contribution in [3.8, 4) is 11.8 Å². The molecule has 0 aliphatic heterocycles. The van der Waals surface area contributed by atoms with Crippen LogP contribution in [0.5, 0.6) is 5.75 Å². The topological polar surface area (TPSA) is 50.1 Å². The van der Waals surface area contributed by atoms with Crippen LogP contribution in [0.3, 0.4) is 0 Å². The van der Waals surface area contributed by atoms with Crippen LogP contribution in [-0.2, 0) is 30.5 Å². The number of fused-ring (bicyclic) bond motifs is 3. The Bertz CT molecular complexity index is 960. The van der Waals surface area contributed by atoms with E-state index in [0.29, 0.717) is 6.42 Å². The first-order valence-electron chi connectivity index (χ1n) is 10.1. The predicted octanol–water partition coefficient (Wildman–Crippen LogP) is 4.92. The maximum Gasteiger partial charge on any atom is 0.314 e. The average Bonchev–Trinajstić information content (AvgIpc) is 2.72. The van der Waals surface area contributed by atoms with Crippen molar-refractivity contribution in [2.24, 2.45) is 11.8 Å². The highest BCUT2D eigenvalue weighted by molar-refractivity contribution is 5.76. The quantitative estimate of drug-likeness (QED) is 0.563. The lowest BCUT2D eigenvalue weighted by Crippen LogP contribution is -2.28. The Balaban J connectivity index is 1.48. The molecule has 0 fully saturated rings. The lowest BCUT2D eigenvalue weighted by atomic mass is 9.74. The number of nitrogens with zero attached hydrogens (tertiary/aromatic N) is 1. The van der Waals surface area contributed by atoms with Crippen LogP contribution >= 0.6 is 0 Å². The Morgan fingerprint density at radius 3 is 2.54 bits per heavy atom. The molecule has 0 saturated heterocycles. The number of hydrogen-bond acceptors (Lipinski definition) is 3. The third-order valence-corrected chi connectivity index (χ3v) is 6.34. The Labute approximate surface area is 165 Å². The molecule has 4 heteroatoms. The van der Waals surface area contributed by atoms with Crippen molar-refractivity contribution < 1.29 is 13.9 Å². The molecular formula is C24H24FNO2. The molecule has 2 aromatic rings.